The largest absolute Gasteiger partial charge is 0.353 e. The number of H-pyrrole nitrogens is 1. The fourth-order valence-corrected chi connectivity index (χ4v) is 4.77. The molecule has 0 aliphatic carbocycles. The molecule has 0 bridgehead atoms. The summed E-state index contributed by atoms with van der Waals surface area (Å²) in [6.45, 7) is 5.97. The number of nitrogens with zero attached hydrogens (tertiary/aromatic N) is 1. The average molecular weight is 416 g/mol. The minimum absolute atomic E-state index is 0.0109. The van der Waals surface area contributed by atoms with Crippen molar-refractivity contribution < 1.29 is 4.79 Å². The zero-order valence-corrected chi connectivity index (χ0v) is 18.0. The SMILES string of the molecule is Cc1sc2nc(CSCC(=O)N[C@@H](C)CCc3ccccc3)[nH]c(=O)c2c1C. The van der Waals surface area contributed by atoms with E-state index in [1.165, 1.54) is 28.7 Å². The second-order valence-electron chi connectivity index (χ2n) is 6.96. The van der Waals surface area contributed by atoms with Gasteiger partial charge >= 0.3 is 0 Å². The predicted octanol–water partition coefficient (Wildman–Crippen LogP) is 3.97. The van der Waals surface area contributed by atoms with Gasteiger partial charge < -0.3 is 10.3 Å². The van der Waals surface area contributed by atoms with Crippen molar-refractivity contribution in [3.05, 3.63) is 62.5 Å². The highest BCUT2D eigenvalue weighted by Crippen LogP contribution is 2.26. The van der Waals surface area contributed by atoms with E-state index in [-0.39, 0.29) is 17.5 Å². The Labute approximate surface area is 173 Å². The summed E-state index contributed by atoms with van der Waals surface area (Å²) in [5.41, 5.74) is 2.18. The first-order valence-electron chi connectivity index (χ1n) is 9.34. The molecule has 3 rings (SSSR count). The summed E-state index contributed by atoms with van der Waals surface area (Å²) < 4.78 is 0. The molecule has 0 radical (unpaired) electrons. The minimum atomic E-state index is -0.0959. The molecule has 0 spiro atoms. The van der Waals surface area contributed by atoms with Crippen molar-refractivity contribution in [1.82, 2.24) is 15.3 Å². The number of fused-ring (bicyclic) bond motifs is 1. The van der Waals surface area contributed by atoms with Gasteiger partial charge in [-0.15, -0.1) is 23.1 Å². The highest BCUT2D eigenvalue weighted by atomic mass is 32.2. The molecule has 0 unspecified atom stereocenters. The molecule has 1 aromatic carbocycles. The number of nitrogens with one attached hydrogen (secondary N) is 2. The van der Waals surface area contributed by atoms with Gasteiger partial charge in [-0.2, -0.15) is 0 Å². The van der Waals surface area contributed by atoms with Gasteiger partial charge in [-0.3, -0.25) is 9.59 Å². The average Bonchev–Trinajstić information content (AvgIpc) is 2.95. The molecule has 7 heteroatoms. The first-order valence-corrected chi connectivity index (χ1v) is 11.3. The van der Waals surface area contributed by atoms with Gasteiger partial charge in [0.05, 0.1) is 16.9 Å². The van der Waals surface area contributed by atoms with Crippen LogP contribution in [0.3, 0.4) is 0 Å². The molecule has 2 N–H and O–H groups in total. The van der Waals surface area contributed by atoms with Crippen LogP contribution in [-0.2, 0) is 17.0 Å². The Morgan fingerprint density at radius 3 is 2.79 bits per heavy atom. The van der Waals surface area contributed by atoms with Crippen molar-refractivity contribution in [3.63, 3.8) is 0 Å². The van der Waals surface area contributed by atoms with Crippen LogP contribution in [0.15, 0.2) is 35.1 Å². The molecule has 148 valence electrons. The van der Waals surface area contributed by atoms with E-state index in [1.807, 2.05) is 39.0 Å². The number of hydrogen-bond donors (Lipinski definition) is 2. The zero-order chi connectivity index (χ0) is 20.1. The molecule has 0 aliphatic rings. The monoisotopic (exact) mass is 415 g/mol. The number of carbonyl (C=O) groups is 1. The Morgan fingerprint density at radius 2 is 2.04 bits per heavy atom. The summed E-state index contributed by atoms with van der Waals surface area (Å²) >= 11 is 3.00. The Morgan fingerprint density at radius 1 is 1.29 bits per heavy atom. The lowest BCUT2D eigenvalue weighted by Gasteiger charge is -2.13. The maximum atomic E-state index is 12.3. The number of thioether (sulfide) groups is 1. The molecular weight excluding hydrogens is 390 g/mol. The van der Waals surface area contributed by atoms with Gasteiger partial charge in [-0.1, -0.05) is 30.3 Å². The van der Waals surface area contributed by atoms with Crippen LogP contribution in [0.2, 0.25) is 0 Å². The van der Waals surface area contributed by atoms with Gasteiger partial charge in [0.2, 0.25) is 5.91 Å². The van der Waals surface area contributed by atoms with Gasteiger partial charge in [0, 0.05) is 10.9 Å². The Hall–Kier alpha value is -2.12. The first-order chi connectivity index (χ1) is 13.4. The van der Waals surface area contributed by atoms with E-state index in [2.05, 4.69) is 27.4 Å². The number of thiophene rings is 1. The van der Waals surface area contributed by atoms with E-state index in [4.69, 9.17) is 0 Å². The van der Waals surface area contributed by atoms with Crippen LogP contribution in [0.5, 0.6) is 0 Å². The van der Waals surface area contributed by atoms with Crippen LogP contribution >= 0.6 is 23.1 Å². The lowest BCUT2D eigenvalue weighted by Crippen LogP contribution is -2.34. The van der Waals surface area contributed by atoms with Crippen LogP contribution in [0.25, 0.3) is 10.2 Å². The molecule has 1 atom stereocenters. The quantitative estimate of drug-likeness (QED) is 0.584. The fourth-order valence-electron chi connectivity index (χ4n) is 3.02. The van der Waals surface area contributed by atoms with Crippen molar-refractivity contribution in [2.75, 3.05) is 5.75 Å². The molecule has 1 amide bonds. The highest BCUT2D eigenvalue weighted by molar-refractivity contribution is 7.99. The van der Waals surface area contributed by atoms with Crippen LogP contribution < -0.4 is 10.9 Å². The lowest BCUT2D eigenvalue weighted by atomic mass is 10.1. The van der Waals surface area contributed by atoms with E-state index in [0.717, 1.165) is 28.1 Å². The number of benzene rings is 1. The van der Waals surface area contributed by atoms with Gasteiger partial charge in [-0.05, 0) is 44.7 Å². The summed E-state index contributed by atoms with van der Waals surface area (Å²) in [6, 6.07) is 10.4. The molecule has 0 saturated carbocycles. The highest BCUT2D eigenvalue weighted by Gasteiger charge is 2.13. The summed E-state index contributed by atoms with van der Waals surface area (Å²) in [5, 5.41) is 3.72. The third-order valence-corrected chi connectivity index (χ3v) is 6.72. The second kappa shape index (κ2) is 9.39. The molecule has 0 saturated heterocycles. The van der Waals surface area contributed by atoms with E-state index < -0.39 is 0 Å². The Bertz CT molecular complexity index is 1010. The number of carbonyl (C=O) groups excluding carboxylic acids is 1. The van der Waals surface area contributed by atoms with E-state index in [1.54, 1.807) is 0 Å². The normalized spacial score (nSPS) is 12.2. The van der Waals surface area contributed by atoms with Crippen molar-refractivity contribution in [1.29, 1.82) is 0 Å². The van der Waals surface area contributed by atoms with Gasteiger partial charge in [0.15, 0.2) is 0 Å². The Kier molecular flexibility index (Phi) is 6.91. The fraction of sp³-hybridized carbons (Fsp3) is 0.381. The summed E-state index contributed by atoms with van der Waals surface area (Å²) in [4.78, 5) is 33.7. The van der Waals surface area contributed by atoms with E-state index >= 15 is 0 Å². The van der Waals surface area contributed by atoms with Crippen molar-refractivity contribution in [3.8, 4) is 0 Å². The summed E-state index contributed by atoms with van der Waals surface area (Å²) in [7, 11) is 0. The molecule has 28 heavy (non-hydrogen) atoms. The zero-order valence-electron chi connectivity index (χ0n) is 16.4. The molecule has 5 nitrogen and oxygen atoms in total. The maximum absolute atomic E-state index is 12.3. The number of hydrogen-bond acceptors (Lipinski definition) is 5. The predicted molar refractivity (Wildman–Crippen MR) is 118 cm³/mol. The van der Waals surface area contributed by atoms with Crippen LogP contribution in [0, 0.1) is 13.8 Å². The third kappa shape index (κ3) is 5.23. The summed E-state index contributed by atoms with van der Waals surface area (Å²) in [5.74, 6) is 1.48. The molecular formula is C21H25N3O2S2. The van der Waals surface area contributed by atoms with E-state index in [9.17, 15) is 9.59 Å². The lowest BCUT2D eigenvalue weighted by molar-refractivity contribution is -0.119. The van der Waals surface area contributed by atoms with Crippen molar-refractivity contribution >= 4 is 39.2 Å². The number of aromatic amines is 1. The van der Waals surface area contributed by atoms with Crippen molar-refractivity contribution in [2.45, 2.75) is 45.4 Å². The minimum Gasteiger partial charge on any atom is -0.353 e. The first kappa shape index (κ1) is 20.6. The maximum Gasteiger partial charge on any atom is 0.259 e. The standard InChI is InChI=1S/C21H25N3O2S2/c1-13(9-10-16-7-5-4-6-8-16)22-18(25)12-27-11-17-23-20(26)19-14(2)15(3)28-21(19)24-17/h4-8,13H,9-12H2,1-3H3,(H,22,25)(H,23,24,26)/t13-/m0/s1. The van der Waals surface area contributed by atoms with Gasteiger partial charge in [0.25, 0.3) is 5.56 Å². The van der Waals surface area contributed by atoms with Gasteiger partial charge in [0.1, 0.15) is 10.7 Å². The summed E-state index contributed by atoms with van der Waals surface area (Å²) in [6.07, 6.45) is 1.85. The van der Waals surface area contributed by atoms with Crippen LogP contribution in [0.1, 0.15) is 35.2 Å². The number of rotatable bonds is 8. The Balaban J connectivity index is 1.46. The number of amides is 1. The number of aromatic nitrogens is 2. The number of aryl methyl sites for hydroxylation is 3. The smallest absolute Gasteiger partial charge is 0.259 e. The van der Waals surface area contributed by atoms with Gasteiger partial charge in [-0.25, -0.2) is 4.98 Å². The molecule has 0 fully saturated rings. The van der Waals surface area contributed by atoms with Crippen molar-refractivity contribution in [2.24, 2.45) is 0 Å². The van der Waals surface area contributed by atoms with E-state index in [0.29, 0.717) is 22.7 Å². The molecule has 2 heterocycles. The topological polar surface area (TPSA) is 74.8 Å². The third-order valence-electron chi connectivity index (χ3n) is 4.68. The second-order valence-corrected chi connectivity index (χ2v) is 9.15. The molecule has 0 aliphatic heterocycles. The molecule has 3 aromatic rings. The van der Waals surface area contributed by atoms with Crippen LogP contribution in [-0.4, -0.2) is 27.7 Å². The van der Waals surface area contributed by atoms with Crippen LogP contribution in [0.4, 0.5) is 0 Å². The molecule has 2 aromatic heterocycles.